The number of fused-ring (bicyclic) bond motifs is 3. The van der Waals surface area contributed by atoms with Gasteiger partial charge in [0, 0.05) is 31.0 Å². The van der Waals surface area contributed by atoms with E-state index in [2.05, 4.69) is 34.4 Å². The smallest absolute Gasteiger partial charge is 0.315 e. The highest BCUT2D eigenvalue weighted by molar-refractivity contribution is 6.51. The molecule has 1 heterocycles. The summed E-state index contributed by atoms with van der Waals surface area (Å²) in [6.07, 6.45) is 13.4. The lowest BCUT2D eigenvalue weighted by atomic mass is 9.83. The summed E-state index contributed by atoms with van der Waals surface area (Å²) in [5.41, 5.74) is 0. The number of halogens is 2. The van der Waals surface area contributed by atoms with Crippen LogP contribution in [0.5, 0.6) is 0 Å². The zero-order valence-corrected chi connectivity index (χ0v) is 27.4. The normalized spacial score (nSPS) is 30.8. The first-order valence-electron chi connectivity index (χ1n) is 16.7. The molecule has 0 spiro atoms. The second-order valence-corrected chi connectivity index (χ2v) is 15.1. The Kier molecular flexibility index (Phi) is 10.8. The van der Waals surface area contributed by atoms with Gasteiger partial charge >= 0.3 is 6.03 Å². The van der Waals surface area contributed by atoms with Gasteiger partial charge < -0.3 is 26.2 Å². The number of carbonyl (C=O) groups excluding carboxylic acids is 5. The van der Waals surface area contributed by atoms with Crippen LogP contribution in [0.3, 0.4) is 0 Å². The Hall–Kier alpha value is -2.59. The molecule has 0 aromatic carbocycles. The molecule has 12 heteroatoms. The Morgan fingerprint density at radius 2 is 1.67 bits per heavy atom. The number of nitrogens with one attached hydrogen (secondary N) is 4. The van der Waals surface area contributed by atoms with Crippen LogP contribution >= 0.6 is 23.2 Å². The van der Waals surface area contributed by atoms with E-state index in [-0.39, 0.29) is 49.3 Å². The third kappa shape index (κ3) is 7.37. The predicted molar refractivity (Wildman–Crippen MR) is 172 cm³/mol. The molecular formula is C33H47Cl2N5O5. The highest BCUT2D eigenvalue weighted by Gasteiger charge is 2.74. The van der Waals surface area contributed by atoms with Crippen molar-refractivity contribution in [1.29, 1.82) is 0 Å². The Morgan fingerprint density at radius 3 is 2.31 bits per heavy atom. The number of urea groups is 1. The van der Waals surface area contributed by atoms with Crippen LogP contribution in [0.1, 0.15) is 77.0 Å². The number of carbonyl (C=O) groups is 5. The lowest BCUT2D eigenvalue weighted by Crippen LogP contribution is -2.61. The topological polar surface area (TPSA) is 137 Å². The van der Waals surface area contributed by atoms with Crippen LogP contribution in [0.15, 0.2) is 25.3 Å². The Bertz CT molecular complexity index is 1190. The van der Waals surface area contributed by atoms with Gasteiger partial charge in [0.15, 0.2) is 0 Å². The van der Waals surface area contributed by atoms with E-state index in [1.807, 2.05) is 0 Å². The van der Waals surface area contributed by atoms with Crippen LogP contribution in [-0.2, 0) is 19.2 Å². The molecule has 5 aliphatic rings. The number of hydrogen-bond donors (Lipinski definition) is 4. The summed E-state index contributed by atoms with van der Waals surface area (Å²) in [5, 5.41) is 11.5. The molecule has 5 fully saturated rings. The fourth-order valence-corrected chi connectivity index (χ4v) is 9.10. The van der Waals surface area contributed by atoms with Crippen LogP contribution in [-0.4, -0.2) is 76.0 Å². The van der Waals surface area contributed by atoms with E-state index in [4.69, 9.17) is 23.2 Å². The summed E-state index contributed by atoms with van der Waals surface area (Å²) in [5.74, 6) is -2.26. The standard InChI is InChI=1S/C33H47Cl2N5O5/c1-3-5-12-23(28(41)30(43)36-15-6-4-2)37-29(42)27-25-22(33(25,34)35)18-40(27)31(44)26(20-10-8-7-9-11-20)39-32(45)38-24-17-19-13-14-21(24)16-19/h3-4,19-27H,1-2,5-18H2,(H,36,43)(H,37,42)(H2,38,39,45)/t19?,21?,22?,23?,24?,25-,26-,27-/m0/s1. The fraction of sp³-hybridized carbons (Fsp3) is 0.727. The maximum atomic E-state index is 14.3. The molecule has 5 rings (SSSR count). The van der Waals surface area contributed by atoms with Crippen LogP contribution in [0, 0.1) is 29.6 Å². The molecule has 0 aromatic heterocycles. The molecule has 5 unspecified atom stereocenters. The minimum Gasteiger partial charge on any atom is -0.349 e. The molecule has 5 amide bonds. The predicted octanol–water partition coefficient (Wildman–Crippen LogP) is 3.77. The molecule has 4 N–H and O–H groups in total. The average Bonchev–Trinajstić information content (AvgIpc) is 3.54. The molecule has 248 valence electrons. The van der Waals surface area contributed by atoms with E-state index in [0.29, 0.717) is 24.7 Å². The molecule has 0 aromatic rings. The summed E-state index contributed by atoms with van der Waals surface area (Å²) in [7, 11) is 0. The molecule has 0 radical (unpaired) electrons. The number of piperidine rings is 1. The van der Waals surface area contributed by atoms with E-state index in [1.165, 1.54) is 11.3 Å². The number of alkyl halides is 2. The minimum absolute atomic E-state index is 0.0596. The van der Waals surface area contributed by atoms with Gasteiger partial charge in [-0.3, -0.25) is 19.2 Å². The fourth-order valence-electron chi connectivity index (χ4n) is 8.28. The molecular weight excluding hydrogens is 617 g/mol. The number of hydrogen-bond acceptors (Lipinski definition) is 5. The quantitative estimate of drug-likeness (QED) is 0.0971. The van der Waals surface area contributed by atoms with Gasteiger partial charge in [-0.15, -0.1) is 36.4 Å². The summed E-state index contributed by atoms with van der Waals surface area (Å²) in [4.78, 5) is 68.7. The summed E-state index contributed by atoms with van der Waals surface area (Å²) < 4.78 is -1.19. The summed E-state index contributed by atoms with van der Waals surface area (Å²) in [6.45, 7) is 7.72. The largest absolute Gasteiger partial charge is 0.349 e. The van der Waals surface area contributed by atoms with Crippen molar-refractivity contribution < 1.29 is 24.0 Å². The van der Waals surface area contributed by atoms with Gasteiger partial charge in [-0.1, -0.05) is 37.8 Å². The van der Waals surface area contributed by atoms with Crippen molar-refractivity contribution in [3.8, 4) is 0 Å². The van der Waals surface area contributed by atoms with Crippen LogP contribution in [0.2, 0.25) is 0 Å². The van der Waals surface area contributed by atoms with Gasteiger partial charge in [-0.25, -0.2) is 4.79 Å². The van der Waals surface area contributed by atoms with Crippen molar-refractivity contribution in [3.05, 3.63) is 25.3 Å². The molecule has 8 atom stereocenters. The SMILES string of the molecule is C=CCCNC(=O)C(=O)C(CCC=C)NC(=O)[C@@H]1[C@@H]2C(CN1C(=O)[C@@H](NC(=O)NC1CC3CCC1C3)C1CCCCC1)C2(Cl)Cl. The Labute approximate surface area is 275 Å². The number of likely N-dealkylation sites (tertiary alicyclic amines) is 1. The van der Waals surface area contributed by atoms with Crippen molar-refractivity contribution in [2.75, 3.05) is 13.1 Å². The lowest BCUT2D eigenvalue weighted by Gasteiger charge is -2.37. The van der Waals surface area contributed by atoms with Gasteiger partial charge in [-0.05, 0) is 69.1 Å². The Balaban J connectivity index is 1.31. The van der Waals surface area contributed by atoms with Crippen molar-refractivity contribution in [3.63, 3.8) is 0 Å². The zero-order chi connectivity index (χ0) is 32.3. The van der Waals surface area contributed by atoms with Crippen molar-refractivity contribution >= 4 is 52.7 Å². The molecule has 1 saturated heterocycles. The average molecular weight is 665 g/mol. The first-order valence-corrected chi connectivity index (χ1v) is 17.4. The third-order valence-corrected chi connectivity index (χ3v) is 11.8. The first kappa shape index (κ1) is 33.8. The number of nitrogens with zero attached hydrogens (tertiary/aromatic N) is 1. The highest BCUT2D eigenvalue weighted by Crippen LogP contribution is 2.65. The van der Waals surface area contributed by atoms with E-state index < -0.39 is 46.0 Å². The van der Waals surface area contributed by atoms with Gasteiger partial charge in [0.1, 0.15) is 16.4 Å². The van der Waals surface area contributed by atoms with Gasteiger partial charge in [-0.2, -0.15) is 0 Å². The molecule has 10 nitrogen and oxygen atoms in total. The number of Topliss-reactive ketones (excluding diaryl/α,β-unsaturated/α-hetero) is 1. The summed E-state index contributed by atoms with van der Waals surface area (Å²) >= 11 is 13.2. The van der Waals surface area contributed by atoms with Crippen molar-refractivity contribution in [2.24, 2.45) is 29.6 Å². The molecule has 45 heavy (non-hydrogen) atoms. The lowest BCUT2D eigenvalue weighted by molar-refractivity contribution is -0.144. The van der Waals surface area contributed by atoms with Gasteiger partial charge in [0.05, 0.1) is 6.04 Å². The van der Waals surface area contributed by atoms with Gasteiger partial charge in [0.2, 0.25) is 17.6 Å². The molecule has 4 aliphatic carbocycles. The number of allylic oxidation sites excluding steroid dienone is 1. The Morgan fingerprint density at radius 1 is 0.933 bits per heavy atom. The highest BCUT2D eigenvalue weighted by atomic mass is 35.5. The van der Waals surface area contributed by atoms with Gasteiger partial charge in [0.25, 0.3) is 5.91 Å². The monoisotopic (exact) mass is 663 g/mol. The van der Waals surface area contributed by atoms with E-state index in [0.717, 1.165) is 51.4 Å². The van der Waals surface area contributed by atoms with Crippen LogP contribution in [0.25, 0.3) is 0 Å². The molecule has 1 aliphatic heterocycles. The number of amides is 5. The molecule has 4 saturated carbocycles. The second-order valence-electron chi connectivity index (χ2n) is 13.6. The second kappa shape index (κ2) is 14.4. The summed E-state index contributed by atoms with van der Waals surface area (Å²) in [6, 6.07) is -3.18. The van der Waals surface area contributed by atoms with Crippen molar-refractivity contribution in [2.45, 2.75) is 106 Å². The zero-order valence-electron chi connectivity index (χ0n) is 25.9. The first-order chi connectivity index (χ1) is 21.6. The van der Waals surface area contributed by atoms with E-state index in [1.54, 1.807) is 12.2 Å². The van der Waals surface area contributed by atoms with Crippen molar-refractivity contribution in [1.82, 2.24) is 26.2 Å². The maximum Gasteiger partial charge on any atom is 0.315 e. The number of rotatable bonds is 14. The third-order valence-electron chi connectivity index (χ3n) is 10.8. The number of ketones is 1. The maximum absolute atomic E-state index is 14.3. The van der Waals surface area contributed by atoms with Crippen LogP contribution in [0.4, 0.5) is 4.79 Å². The van der Waals surface area contributed by atoms with E-state index in [9.17, 15) is 24.0 Å². The van der Waals surface area contributed by atoms with E-state index >= 15 is 0 Å². The molecule has 2 bridgehead atoms. The van der Waals surface area contributed by atoms with Crippen LogP contribution < -0.4 is 21.3 Å². The minimum atomic E-state index is -1.19.